The van der Waals surface area contributed by atoms with Crippen LogP contribution in [0.15, 0.2) is 27.5 Å². The van der Waals surface area contributed by atoms with Gasteiger partial charge in [0.05, 0.1) is 10.5 Å². The number of benzene rings is 1. The quantitative estimate of drug-likeness (QED) is 0.455. The van der Waals surface area contributed by atoms with Gasteiger partial charge in [-0.15, -0.1) is 0 Å². The zero-order chi connectivity index (χ0) is 18.3. The van der Waals surface area contributed by atoms with Crippen molar-refractivity contribution in [3.63, 3.8) is 0 Å². The summed E-state index contributed by atoms with van der Waals surface area (Å²) >= 11 is 0. The molecule has 0 radical (unpaired) electrons. The van der Waals surface area contributed by atoms with Gasteiger partial charge in [-0.1, -0.05) is 26.4 Å². The first-order chi connectivity index (χ1) is 9.95. The molecule has 134 valence electrons. The molecule has 1 aromatic rings. The van der Waals surface area contributed by atoms with Crippen molar-refractivity contribution in [3.8, 4) is 0 Å². The Morgan fingerprint density at radius 1 is 1.17 bits per heavy atom. The van der Waals surface area contributed by atoms with Gasteiger partial charge in [0.25, 0.3) is 0 Å². The van der Waals surface area contributed by atoms with E-state index in [0.717, 1.165) is 0 Å². The van der Waals surface area contributed by atoms with Crippen molar-refractivity contribution in [2.45, 2.75) is 43.8 Å². The summed E-state index contributed by atoms with van der Waals surface area (Å²) in [5.41, 5.74) is -0.430. The summed E-state index contributed by atoms with van der Waals surface area (Å²) in [5.74, 6) is -1.48. The van der Waals surface area contributed by atoms with Gasteiger partial charge in [-0.3, -0.25) is 0 Å². The lowest BCUT2D eigenvalue weighted by Gasteiger charge is -2.40. The van der Waals surface area contributed by atoms with Gasteiger partial charge in [-0.25, -0.2) is 8.60 Å². The van der Waals surface area contributed by atoms with E-state index in [1.807, 2.05) is 0 Å². The van der Waals surface area contributed by atoms with Crippen molar-refractivity contribution in [2.75, 3.05) is 0 Å². The summed E-state index contributed by atoms with van der Waals surface area (Å²) in [5, 5.41) is 0. The average Bonchev–Trinajstić information content (AvgIpc) is 2.32. The minimum atomic E-state index is -9.94. The second kappa shape index (κ2) is 5.23. The van der Waals surface area contributed by atoms with Gasteiger partial charge in [0.15, 0.2) is 0 Å². The average molecular weight is 381 g/mol. The molecular formula is C13H17F6NOS2. The number of rotatable bonds is 4. The highest BCUT2D eigenvalue weighted by atomic mass is 32.5. The van der Waals surface area contributed by atoms with Crippen molar-refractivity contribution in [3.05, 3.63) is 29.6 Å². The van der Waals surface area contributed by atoms with Crippen LogP contribution in [0.1, 0.15) is 39.7 Å². The van der Waals surface area contributed by atoms with Crippen LogP contribution in [0.5, 0.6) is 0 Å². The van der Waals surface area contributed by atoms with Gasteiger partial charge < -0.3 is 0 Å². The molecule has 0 aliphatic rings. The van der Waals surface area contributed by atoms with E-state index in [1.165, 1.54) is 6.92 Å². The fourth-order valence-corrected chi connectivity index (χ4v) is 2.86. The first-order valence-corrected chi connectivity index (χ1v) is 9.55. The molecule has 1 aromatic carbocycles. The molecule has 0 unspecified atom stereocenters. The number of hydrogen-bond acceptors (Lipinski definition) is 1. The number of hydrogen-bond donors (Lipinski definition) is 0. The maximum atomic E-state index is 13.9. The predicted octanol–water partition coefficient (Wildman–Crippen LogP) is 6.14. The maximum Gasteiger partial charge on any atom is 0.310 e. The highest BCUT2D eigenvalue weighted by Gasteiger charge is 2.65. The third-order valence-electron chi connectivity index (χ3n) is 2.75. The molecule has 0 bridgehead atoms. The molecule has 0 aromatic heterocycles. The standard InChI is InChI=1S/C13H17F6NOS2/c1-5-12(20-22(21)13(2,3)4)10-7-6-9(8-11(10)14)23(15,16,17,18)19/h6-8H,5H2,1-4H3/t22-/m0/s1. The maximum absolute atomic E-state index is 13.9. The summed E-state index contributed by atoms with van der Waals surface area (Å²) in [6.45, 7) is 6.39. The molecule has 1 atom stereocenters. The van der Waals surface area contributed by atoms with Crippen LogP contribution < -0.4 is 0 Å². The Morgan fingerprint density at radius 2 is 1.70 bits per heavy atom. The summed E-state index contributed by atoms with van der Waals surface area (Å²) in [7, 11) is -11.7. The van der Waals surface area contributed by atoms with E-state index >= 15 is 0 Å². The Bertz CT molecular complexity index is 676. The Kier molecular flexibility index (Phi) is 4.56. The normalized spacial score (nSPS) is 18.3. The van der Waals surface area contributed by atoms with Crippen molar-refractivity contribution < 1.29 is 28.0 Å². The van der Waals surface area contributed by atoms with Gasteiger partial charge in [-0.2, -0.15) is 4.40 Å². The highest BCUT2D eigenvalue weighted by molar-refractivity contribution is 8.45. The lowest BCUT2D eigenvalue weighted by molar-refractivity contribution is 0.363. The van der Waals surface area contributed by atoms with E-state index in [1.54, 1.807) is 20.8 Å². The Balaban J connectivity index is 3.41. The zero-order valence-electron chi connectivity index (χ0n) is 12.9. The first kappa shape index (κ1) is 20.0. The van der Waals surface area contributed by atoms with Crippen LogP contribution in [0.4, 0.5) is 23.8 Å². The molecule has 2 nitrogen and oxygen atoms in total. The monoisotopic (exact) mass is 381 g/mol. The topological polar surface area (TPSA) is 29.4 Å². The van der Waals surface area contributed by atoms with Gasteiger partial charge in [0.1, 0.15) is 21.7 Å². The molecule has 0 saturated heterocycles. The largest absolute Gasteiger partial charge is 0.310 e. The Morgan fingerprint density at radius 3 is 2.04 bits per heavy atom. The molecule has 0 N–H and O–H groups in total. The fourth-order valence-electron chi connectivity index (χ4n) is 1.51. The van der Waals surface area contributed by atoms with Crippen molar-refractivity contribution in [2.24, 2.45) is 4.40 Å². The van der Waals surface area contributed by atoms with Crippen molar-refractivity contribution in [1.82, 2.24) is 0 Å². The predicted molar refractivity (Wildman–Crippen MR) is 82.5 cm³/mol. The molecule has 0 heterocycles. The molecule has 1 rings (SSSR count). The summed E-state index contributed by atoms with van der Waals surface area (Å²) < 4.78 is 92.2. The van der Waals surface area contributed by atoms with Crippen LogP contribution >= 0.6 is 10.2 Å². The third kappa shape index (κ3) is 5.23. The van der Waals surface area contributed by atoms with Gasteiger partial charge >= 0.3 is 10.2 Å². The smallest absolute Gasteiger partial charge is 0.234 e. The van der Waals surface area contributed by atoms with Crippen molar-refractivity contribution in [1.29, 1.82) is 0 Å². The lowest BCUT2D eigenvalue weighted by atomic mass is 10.1. The van der Waals surface area contributed by atoms with Gasteiger partial charge in [0.2, 0.25) is 0 Å². The summed E-state index contributed by atoms with van der Waals surface area (Å²) in [6, 6.07) is 0.456. The second-order valence-corrected chi connectivity index (χ2v) is 10.2. The SMILES string of the molecule is CCC(=N[S@@](=O)C(C)(C)C)c1ccc(S(F)(F)(F)(F)F)cc1F. The molecule has 23 heavy (non-hydrogen) atoms. The Hall–Kier alpha value is -1.03. The van der Waals surface area contributed by atoms with E-state index in [0.29, 0.717) is 6.07 Å². The van der Waals surface area contributed by atoms with E-state index in [-0.39, 0.29) is 29.8 Å². The lowest BCUT2D eigenvalue weighted by Crippen LogP contribution is -2.21. The molecular weight excluding hydrogens is 364 g/mol. The second-order valence-electron chi connectivity index (χ2n) is 5.86. The van der Waals surface area contributed by atoms with E-state index < -0.39 is 36.7 Å². The highest BCUT2D eigenvalue weighted by Crippen LogP contribution is 3.02. The van der Waals surface area contributed by atoms with Crippen LogP contribution in [0.2, 0.25) is 0 Å². The van der Waals surface area contributed by atoms with E-state index in [4.69, 9.17) is 0 Å². The molecule has 10 heteroatoms. The third-order valence-corrected chi connectivity index (χ3v) is 5.33. The van der Waals surface area contributed by atoms with Crippen LogP contribution in [-0.2, 0) is 11.0 Å². The molecule has 0 aliphatic heterocycles. The number of nitrogens with zero attached hydrogens (tertiary/aromatic N) is 1. The number of halogens is 6. The van der Waals surface area contributed by atoms with Gasteiger partial charge in [-0.05, 0) is 45.4 Å². The molecule has 0 spiro atoms. The molecule has 0 saturated carbocycles. The summed E-state index contributed by atoms with van der Waals surface area (Å²) in [4.78, 5) is -2.31. The van der Waals surface area contributed by atoms with Crippen molar-refractivity contribution >= 4 is 26.9 Å². The molecule has 0 amide bonds. The molecule has 0 fully saturated rings. The van der Waals surface area contributed by atoms with Crippen LogP contribution in [0, 0.1) is 5.82 Å². The fraction of sp³-hybridized carbons (Fsp3) is 0.462. The van der Waals surface area contributed by atoms with Crippen LogP contribution in [0.3, 0.4) is 0 Å². The van der Waals surface area contributed by atoms with Gasteiger partial charge in [0, 0.05) is 5.56 Å². The Labute approximate surface area is 133 Å². The summed E-state index contributed by atoms with van der Waals surface area (Å²) in [6.07, 6.45) is 0.0779. The minimum Gasteiger partial charge on any atom is -0.234 e. The first-order valence-electron chi connectivity index (χ1n) is 6.49. The van der Waals surface area contributed by atoms with E-state index in [9.17, 15) is 28.0 Å². The van der Waals surface area contributed by atoms with Crippen LogP contribution in [-0.4, -0.2) is 14.7 Å². The zero-order valence-corrected chi connectivity index (χ0v) is 14.5. The molecule has 0 aliphatic carbocycles. The minimum absolute atomic E-state index is 0.0514. The van der Waals surface area contributed by atoms with Crippen LogP contribution in [0.25, 0.3) is 0 Å². The van der Waals surface area contributed by atoms with E-state index in [2.05, 4.69) is 4.40 Å².